The van der Waals surface area contributed by atoms with E-state index in [4.69, 9.17) is 37.8 Å². The van der Waals surface area contributed by atoms with Crippen LogP contribution in [0.2, 0.25) is 5.02 Å². The Balaban J connectivity index is 1.41. The Labute approximate surface area is 220 Å². The number of carbonyl (C=O) groups is 2. The number of fused-ring (bicyclic) bond motifs is 1. The van der Waals surface area contributed by atoms with E-state index in [0.717, 1.165) is 17.0 Å². The van der Waals surface area contributed by atoms with Crippen molar-refractivity contribution in [2.45, 2.75) is 37.8 Å². The van der Waals surface area contributed by atoms with Crippen molar-refractivity contribution in [1.29, 1.82) is 0 Å². The molecule has 0 spiro atoms. The van der Waals surface area contributed by atoms with Gasteiger partial charge in [0.1, 0.15) is 29.2 Å². The molecule has 1 amide bonds. The number of amides is 1. The van der Waals surface area contributed by atoms with Gasteiger partial charge >= 0.3 is 5.97 Å². The normalized spacial score (nSPS) is 20.8. The van der Waals surface area contributed by atoms with E-state index in [2.05, 4.69) is 16.3 Å². The highest BCUT2D eigenvalue weighted by Crippen LogP contribution is 2.35. The molecule has 9 heteroatoms. The highest BCUT2D eigenvalue weighted by molar-refractivity contribution is 6.35. The molecule has 1 unspecified atom stereocenters. The third-order valence-electron chi connectivity index (χ3n) is 6.18. The number of carbonyl (C=O) groups excluding carboxylic acids is 1. The molecular formula is C27H28Cl2N2O5. The van der Waals surface area contributed by atoms with Crippen LogP contribution >= 0.6 is 23.2 Å². The van der Waals surface area contributed by atoms with Crippen LogP contribution in [0.15, 0.2) is 54.1 Å². The highest BCUT2D eigenvalue weighted by atomic mass is 35.5. The van der Waals surface area contributed by atoms with E-state index in [1.807, 2.05) is 26.1 Å². The summed E-state index contributed by atoms with van der Waals surface area (Å²) in [5.41, 5.74) is 3.65. The number of rotatable bonds is 7. The van der Waals surface area contributed by atoms with Gasteiger partial charge in [-0.3, -0.25) is 9.59 Å². The van der Waals surface area contributed by atoms with Crippen molar-refractivity contribution < 1.29 is 24.2 Å². The Morgan fingerprint density at radius 1 is 1.28 bits per heavy atom. The molecule has 2 atom stereocenters. The molecule has 0 bridgehead atoms. The molecule has 2 aromatic carbocycles. The zero-order valence-electron chi connectivity index (χ0n) is 20.3. The molecule has 0 saturated heterocycles. The second kappa shape index (κ2) is 10.4. The lowest BCUT2D eigenvalue weighted by Gasteiger charge is -2.34. The molecule has 190 valence electrons. The maximum absolute atomic E-state index is 13.0. The molecule has 2 aromatic rings. The summed E-state index contributed by atoms with van der Waals surface area (Å²) in [4.78, 5) is 24.9. The summed E-state index contributed by atoms with van der Waals surface area (Å²) in [5, 5.41) is 12.1. The molecule has 1 aliphatic heterocycles. The first-order valence-electron chi connectivity index (χ1n) is 11.6. The minimum Gasteiger partial charge on any atom is -0.489 e. The molecule has 0 aromatic heterocycles. The Kier molecular flexibility index (Phi) is 7.52. The monoisotopic (exact) mass is 530 g/mol. The van der Waals surface area contributed by atoms with Crippen molar-refractivity contribution in [3.63, 3.8) is 0 Å². The number of carboxylic acid groups (broad SMARTS) is 1. The van der Waals surface area contributed by atoms with Gasteiger partial charge in [0.2, 0.25) is 0 Å². The van der Waals surface area contributed by atoms with Crippen molar-refractivity contribution in [2.75, 3.05) is 25.1 Å². The number of nitrogens with one attached hydrogen (secondary N) is 1. The van der Waals surface area contributed by atoms with Gasteiger partial charge in [-0.05, 0) is 49.8 Å². The number of hydrogen-bond donors (Lipinski definition) is 2. The quantitative estimate of drug-likeness (QED) is 0.375. The number of ether oxygens (including phenoxy) is 2. The Hall–Kier alpha value is -3.16. The Morgan fingerprint density at radius 3 is 2.81 bits per heavy atom. The zero-order valence-corrected chi connectivity index (χ0v) is 21.8. The summed E-state index contributed by atoms with van der Waals surface area (Å²) in [6.07, 6.45) is 4.82. The van der Waals surface area contributed by atoms with Gasteiger partial charge in [-0.25, -0.2) is 0 Å². The van der Waals surface area contributed by atoms with Crippen LogP contribution in [-0.4, -0.2) is 48.3 Å². The van der Waals surface area contributed by atoms with Gasteiger partial charge < -0.3 is 24.8 Å². The number of alkyl halides is 1. The lowest BCUT2D eigenvalue weighted by molar-refractivity contribution is -0.136. The van der Waals surface area contributed by atoms with Crippen LogP contribution in [0.25, 0.3) is 0 Å². The maximum atomic E-state index is 13.0. The number of nitrogens with zero attached hydrogens (tertiary/aromatic N) is 1. The number of likely N-dealkylation sites (N-methyl/N-ethyl adjacent to an activating group) is 1. The van der Waals surface area contributed by atoms with E-state index >= 15 is 0 Å². The van der Waals surface area contributed by atoms with Crippen molar-refractivity contribution in [1.82, 2.24) is 5.32 Å². The number of hydrogen-bond acceptors (Lipinski definition) is 5. The molecule has 1 aliphatic carbocycles. The minimum absolute atomic E-state index is 0.147. The number of aryl methyl sites for hydroxylation is 1. The summed E-state index contributed by atoms with van der Waals surface area (Å²) in [6, 6.07) is 9.41. The molecule has 0 fully saturated rings. The van der Waals surface area contributed by atoms with Crippen LogP contribution in [0, 0.1) is 13.8 Å². The second-order valence-corrected chi connectivity index (χ2v) is 10.3. The number of anilines is 1. The first kappa shape index (κ1) is 25.9. The van der Waals surface area contributed by atoms with E-state index in [9.17, 15) is 9.59 Å². The van der Waals surface area contributed by atoms with Gasteiger partial charge in [0, 0.05) is 19.0 Å². The van der Waals surface area contributed by atoms with Crippen LogP contribution in [0.5, 0.6) is 11.5 Å². The molecule has 0 radical (unpaired) electrons. The molecule has 36 heavy (non-hydrogen) atoms. The molecule has 2 N–H and O–H groups in total. The number of allylic oxidation sites excluding steroid dienone is 2. The Bertz CT molecular complexity index is 1260. The third kappa shape index (κ3) is 5.79. The van der Waals surface area contributed by atoms with Crippen LogP contribution in [0.4, 0.5) is 5.69 Å². The molecule has 7 nitrogen and oxygen atoms in total. The summed E-state index contributed by atoms with van der Waals surface area (Å²) >= 11 is 13.1. The average Bonchev–Trinajstić information content (AvgIpc) is 2.79. The smallest absolute Gasteiger partial charge is 0.307 e. The Morgan fingerprint density at radius 2 is 2.06 bits per heavy atom. The van der Waals surface area contributed by atoms with Gasteiger partial charge in [0.25, 0.3) is 5.91 Å². The van der Waals surface area contributed by atoms with E-state index in [-0.39, 0.29) is 29.5 Å². The predicted octanol–water partition coefficient (Wildman–Crippen LogP) is 5.26. The molecule has 2 aliphatic rings. The summed E-state index contributed by atoms with van der Waals surface area (Å²) in [7, 11) is 2.02. The summed E-state index contributed by atoms with van der Waals surface area (Å²) in [6.45, 7) is 4.79. The van der Waals surface area contributed by atoms with Gasteiger partial charge in [-0.15, -0.1) is 0 Å². The first-order chi connectivity index (χ1) is 17.0. The number of benzene rings is 2. The van der Waals surface area contributed by atoms with E-state index < -0.39 is 16.9 Å². The second-order valence-electron chi connectivity index (χ2n) is 9.20. The fourth-order valence-corrected chi connectivity index (χ4v) is 4.94. The standard InChI is InChI=1S/C27H28Cl2N2O5/c1-16-6-8-21-23(11-16)36-19(14-31(21)3)15-35-22-9-7-20(25(28)17(22)2)26(34)30-27(29)10-4-5-18(13-27)12-24(32)33/h4-11,19H,12-15H2,1-3H3,(H,30,34)(H,32,33)/t19-,27?/m0/s1. The third-order valence-corrected chi connectivity index (χ3v) is 7.02. The van der Waals surface area contributed by atoms with Gasteiger partial charge in [-0.1, -0.05) is 47.0 Å². The number of aliphatic carboxylic acids is 1. The lowest BCUT2D eigenvalue weighted by atomic mass is 9.97. The minimum atomic E-state index is -1.23. The molecule has 4 rings (SSSR count). The average molecular weight is 531 g/mol. The molecule has 0 saturated carbocycles. The zero-order chi connectivity index (χ0) is 26.0. The number of carboxylic acids is 1. The van der Waals surface area contributed by atoms with Crippen molar-refractivity contribution in [3.05, 3.63) is 75.8 Å². The number of halogens is 2. The van der Waals surface area contributed by atoms with E-state index in [1.54, 1.807) is 37.3 Å². The van der Waals surface area contributed by atoms with E-state index in [0.29, 0.717) is 30.0 Å². The SMILES string of the molecule is Cc1ccc2c(c1)O[C@H](COc1ccc(C(=O)NC3(Cl)C=CC=C(CC(=O)O)C3)c(Cl)c1C)CN2C. The van der Waals surface area contributed by atoms with Crippen LogP contribution in [-0.2, 0) is 4.79 Å². The first-order valence-corrected chi connectivity index (χ1v) is 12.3. The fourth-order valence-electron chi connectivity index (χ4n) is 4.36. The van der Waals surface area contributed by atoms with Crippen LogP contribution in [0.3, 0.4) is 0 Å². The van der Waals surface area contributed by atoms with Gasteiger partial charge in [0.15, 0.2) is 0 Å². The fraction of sp³-hybridized carbons (Fsp3) is 0.333. The topological polar surface area (TPSA) is 88.1 Å². The van der Waals surface area contributed by atoms with Gasteiger partial charge in [-0.2, -0.15) is 0 Å². The summed E-state index contributed by atoms with van der Waals surface area (Å²) in [5.74, 6) is -0.0363. The molecular weight excluding hydrogens is 503 g/mol. The largest absolute Gasteiger partial charge is 0.489 e. The lowest BCUT2D eigenvalue weighted by Crippen LogP contribution is -2.43. The maximum Gasteiger partial charge on any atom is 0.307 e. The van der Waals surface area contributed by atoms with Crippen LogP contribution in [0.1, 0.15) is 34.3 Å². The summed E-state index contributed by atoms with van der Waals surface area (Å²) < 4.78 is 12.2. The van der Waals surface area contributed by atoms with Gasteiger partial charge in [0.05, 0.1) is 29.2 Å². The van der Waals surface area contributed by atoms with Crippen molar-refractivity contribution in [2.24, 2.45) is 0 Å². The highest BCUT2D eigenvalue weighted by Gasteiger charge is 2.31. The van der Waals surface area contributed by atoms with Crippen molar-refractivity contribution >= 4 is 40.8 Å². The van der Waals surface area contributed by atoms with E-state index in [1.165, 1.54) is 0 Å². The van der Waals surface area contributed by atoms with Crippen LogP contribution < -0.4 is 19.7 Å². The predicted molar refractivity (Wildman–Crippen MR) is 141 cm³/mol. The van der Waals surface area contributed by atoms with Crippen molar-refractivity contribution in [3.8, 4) is 11.5 Å². The molecule has 1 heterocycles.